The van der Waals surface area contributed by atoms with Crippen LogP contribution in [0.15, 0.2) is 0 Å². The minimum atomic E-state index is -0.798. The summed E-state index contributed by atoms with van der Waals surface area (Å²) in [5, 5.41) is 14.2. The average molecular weight is 272 g/mol. The molecule has 1 atom stereocenters. The van der Waals surface area contributed by atoms with Crippen LogP contribution in [0, 0.1) is 0 Å². The number of urea groups is 1. The van der Waals surface area contributed by atoms with E-state index in [2.05, 4.69) is 10.6 Å². The molecule has 1 rings (SSSR count). The van der Waals surface area contributed by atoms with Gasteiger partial charge in [0.1, 0.15) is 0 Å². The van der Waals surface area contributed by atoms with Gasteiger partial charge in [0.2, 0.25) is 0 Å². The summed E-state index contributed by atoms with van der Waals surface area (Å²) in [6.07, 6.45) is 3.41. The quantitative estimate of drug-likeness (QED) is 0.625. The van der Waals surface area contributed by atoms with Crippen molar-refractivity contribution in [2.45, 2.75) is 64.1 Å². The number of amides is 2. The van der Waals surface area contributed by atoms with Gasteiger partial charge < -0.3 is 20.5 Å². The molecule has 6 heteroatoms. The normalized spacial score (nSPS) is 23.3. The molecule has 0 radical (unpaired) electrons. The van der Waals surface area contributed by atoms with Crippen LogP contribution in [0.25, 0.3) is 0 Å². The van der Waals surface area contributed by atoms with Crippen molar-refractivity contribution in [1.82, 2.24) is 10.6 Å². The first kappa shape index (κ1) is 15.8. The molecule has 0 aromatic rings. The SMILES string of the molecule is CCOC1CC(NC(=O)NC(C)CCCC(=O)O)C1. The number of rotatable bonds is 8. The predicted molar refractivity (Wildman–Crippen MR) is 71.1 cm³/mol. The number of carbonyl (C=O) groups is 2. The summed E-state index contributed by atoms with van der Waals surface area (Å²) >= 11 is 0. The lowest BCUT2D eigenvalue weighted by Gasteiger charge is -2.35. The van der Waals surface area contributed by atoms with E-state index < -0.39 is 5.97 Å². The van der Waals surface area contributed by atoms with Gasteiger partial charge in [0.25, 0.3) is 0 Å². The Labute approximate surface area is 113 Å². The van der Waals surface area contributed by atoms with Crippen LogP contribution >= 0.6 is 0 Å². The third kappa shape index (κ3) is 6.42. The molecule has 1 aliphatic rings. The molecule has 0 aliphatic heterocycles. The lowest BCUT2D eigenvalue weighted by Crippen LogP contribution is -2.52. The first-order valence-electron chi connectivity index (χ1n) is 6.91. The highest BCUT2D eigenvalue weighted by Crippen LogP contribution is 2.22. The van der Waals surface area contributed by atoms with Crippen molar-refractivity contribution in [2.75, 3.05) is 6.61 Å². The second-order valence-corrected chi connectivity index (χ2v) is 5.05. The van der Waals surface area contributed by atoms with Gasteiger partial charge in [0.15, 0.2) is 0 Å². The van der Waals surface area contributed by atoms with Crippen LogP contribution in [0.5, 0.6) is 0 Å². The number of hydrogen-bond acceptors (Lipinski definition) is 3. The van der Waals surface area contributed by atoms with E-state index in [-0.39, 0.29) is 30.6 Å². The molecule has 0 aromatic heterocycles. The number of nitrogens with one attached hydrogen (secondary N) is 2. The van der Waals surface area contributed by atoms with Crippen molar-refractivity contribution < 1.29 is 19.4 Å². The Hall–Kier alpha value is -1.30. The third-order valence-electron chi connectivity index (χ3n) is 3.24. The highest BCUT2D eigenvalue weighted by atomic mass is 16.5. The van der Waals surface area contributed by atoms with Gasteiger partial charge >= 0.3 is 12.0 Å². The molecule has 1 unspecified atom stereocenters. The van der Waals surface area contributed by atoms with Gasteiger partial charge in [-0.05, 0) is 39.5 Å². The van der Waals surface area contributed by atoms with E-state index in [4.69, 9.17) is 9.84 Å². The highest BCUT2D eigenvalue weighted by Gasteiger charge is 2.30. The Morgan fingerprint density at radius 2 is 2.11 bits per heavy atom. The number of aliphatic carboxylic acids is 1. The molecule has 1 fully saturated rings. The summed E-state index contributed by atoms with van der Waals surface area (Å²) in [5.74, 6) is -0.798. The second kappa shape index (κ2) is 7.99. The van der Waals surface area contributed by atoms with Gasteiger partial charge in [-0.2, -0.15) is 0 Å². The zero-order chi connectivity index (χ0) is 14.3. The predicted octanol–water partition coefficient (Wildman–Crippen LogP) is 1.50. The largest absolute Gasteiger partial charge is 0.481 e. The van der Waals surface area contributed by atoms with Gasteiger partial charge in [0, 0.05) is 25.1 Å². The number of carbonyl (C=O) groups excluding carboxylic acids is 1. The molecule has 0 heterocycles. The smallest absolute Gasteiger partial charge is 0.315 e. The van der Waals surface area contributed by atoms with Gasteiger partial charge in [-0.1, -0.05) is 0 Å². The Bertz CT molecular complexity index is 303. The number of ether oxygens (including phenoxy) is 1. The van der Waals surface area contributed by atoms with Crippen molar-refractivity contribution in [3.63, 3.8) is 0 Å². The molecule has 110 valence electrons. The zero-order valence-electron chi connectivity index (χ0n) is 11.6. The maximum absolute atomic E-state index is 11.6. The molecule has 19 heavy (non-hydrogen) atoms. The third-order valence-corrected chi connectivity index (χ3v) is 3.24. The molecule has 0 saturated heterocycles. The second-order valence-electron chi connectivity index (χ2n) is 5.05. The van der Waals surface area contributed by atoms with E-state index in [0.717, 1.165) is 12.8 Å². The summed E-state index contributed by atoms with van der Waals surface area (Å²) in [7, 11) is 0. The molecule has 1 saturated carbocycles. The van der Waals surface area contributed by atoms with Gasteiger partial charge in [-0.15, -0.1) is 0 Å². The lowest BCUT2D eigenvalue weighted by atomic mass is 9.89. The first-order valence-corrected chi connectivity index (χ1v) is 6.91. The maximum atomic E-state index is 11.6. The van der Waals surface area contributed by atoms with Crippen molar-refractivity contribution in [1.29, 1.82) is 0 Å². The summed E-state index contributed by atoms with van der Waals surface area (Å²) < 4.78 is 5.42. The average Bonchev–Trinajstić information content (AvgIpc) is 2.25. The van der Waals surface area contributed by atoms with E-state index >= 15 is 0 Å². The van der Waals surface area contributed by atoms with Crippen LogP contribution in [0.3, 0.4) is 0 Å². The van der Waals surface area contributed by atoms with Crippen molar-refractivity contribution in [3.05, 3.63) is 0 Å². The van der Waals surface area contributed by atoms with E-state index in [1.165, 1.54) is 0 Å². The fourth-order valence-electron chi connectivity index (χ4n) is 2.14. The Morgan fingerprint density at radius 3 is 2.68 bits per heavy atom. The molecule has 0 aromatic carbocycles. The number of carboxylic acid groups (broad SMARTS) is 1. The maximum Gasteiger partial charge on any atom is 0.315 e. The molecular formula is C13H24N2O4. The monoisotopic (exact) mass is 272 g/mol. The molecule has 3 N–H and O–H groups in total. The van der Waals surface area contributed by atoms with Gasteiger partial charge in [0.05, 0.1) is 6.10 Å². The number of carboxylic acids is 1. The minimum absolute atomic E-state index is 0.0119. The van der Waals surface area contributed by atoms with Crippen LogP contribution in [-0.2, 0) is 9.53 Å². The van der Waals surface area contributed by atoms with E-state index in [1.807, 2.05) is 13.8 Å². The van der Waals surface area contributed by atoms with E-state index in [0.29, 0.717) is 19.4 Å². The summed E-state index contributed by atoms with van der Waals surface area (Å²) in [5.41, 5.74) is 0. The van der Waals surface area contributed by atoms with Gasteiger partial charge in [-0.3, -0.25) is 4.79 Å². The topological polar surface area (TPSA) is 87.7 Å². The molecule has 0 spiro atoms. The van der Waals surface area contributed by atoms with Crippen molar-refractivity contribution in [3.8, 4) is 0 Å². The molecule has 2 amide bonds. The summed E-state index contributed by atoms with van der Waals surface area (Å²) in [4.78, 5) is 22.0. The van der Waals surface area contributed by atoms with Crippen LogP contribution in [0.4, 0.5) is 4.79 Å². The molecule has 1 aliphatic carbocycles. The lowest BCUT2D eigenvalue weighted by molar-refractivity contribution is -0.137. The van der Waals surface area contributed by atoms with Gasteiger partial charge in [-0.25, -0.2) is 4.79 Å². The van der Waals surface area contributed by atoms with Crippen LogP contribution < -0.4 is 10.6 Å². The number of hydrogen-bond donors (Lipinski definition) is 3. The Kier molecular flexibility index (Phi) is 6.62. The zero-order valence-corrected chi connectivity index (χ0v) is 11.6. The van der Waals surface area contributed by atoms with Crippen LogP contribution in [0.2, 0.25) is 0 Å². The Morgan fingerprint density at radius 1 is 1.42 bits per heavy atom. The fourth-order valence-corrected chi connectivity index (χ4v) is 2.14. The fraction of sp³-hybridized carbons (Fsp3) is 0.846. The van der Waals surface area contributed by atoms with Crippen LogP contribution in [0.1, 0.15) is 46.0 Å². The van der Waals surface area contributed by atoms with Crippen molar-refractivity contribution in [2.24, 2.45) is 0 Å². The summed E-state index contributed by atoms with van der Waals surface area (Å²) in [6, 6.07) is 0.00709. The van der Waals surface area contributed by atoms with Crippen LogP contribution in [-0.4, -0.2) is 41.9 Å². The minimum Gasteiger partial charge on any atom is -0.481 e. The first-order chi connectivity index (χ1) is 9.01. The highest BCUT2D eigenvalue weighted by molar-refractivity contribution is 5.74. The van der Waals surface area contributed by atoms with E-state index in [1.54, 1.807) is 0 Å². The molecule has 6 nitrogen and oxygen atoms in total. The van der Waals surface area contributed by atoms with E-state index in [9.17, 15) is 9.59 Å². The van der Waals surface area contributed by atoms with Crippen molar-refractivity contribution >= 4 is 12.0 Å². The Balaban J connectivity index is 2.06. The molecule has 0 bridgehead atoms. The molecular weight excluding hydrogens is 248 g/mol. The summed E-state index contributed by atoms with van der Waals surface area (Å²) in [6.45, 7) is 4.56. The standard InChI is InChI=1S/C13H24N2O4/c1-3-19-11-7-10(8-11)15-13(18)14-9(2)5-4-6-12(16)17/h9-11H,3-8H2,1-2H3,(H,16,17)(H2,14,15,18).